The van der Waals surface area contributed by atoms with Gasteiger partial charge in [0.05, 0.1) is 19.3 Å². The summed E-state index contributed by atoms with van der Waals surface area (Å²) in [4.78, 5) is 14.2. The zero-order chi connectivity index (χ0) is 14.8. The van der Waals surface area contributed by atoms with Crippen LogP contribution in [0.1, 0.15) is 37.3 Å². The van der Waals surface area contributed by atoms with Gasteiger partial charge in [-0.3, -0.25) is 4.79 Å². The monoisotopic (exact) mass is 287 g/mol. The summed E-state index contributed by atoms with van der Waals surface area (Å²) in [5.41, 5.74) is 2.25. The first-order valence-electron chi connectivity index (χ1n) is 7.49. The van der Waals surface area contributed by atoms with Crippen molar-refractivity contribution >= 4 is 5.91 Å². The number of β-amino-alcohol motifs (C(OH)–C–C–N with tert-alkyl or cyclic N) is 1. The highest BCUT2D eigenvalue weighted by Crippen LogP contribution is 2.34. The minimum absolute atomic E-state index is 0.0223. The molecule has 2 atom stereocenters. The van der Waals surface area contributed by atoms with E-state index in [0.717, 1.165) is 24.2 Å². The van der Waals surface area contributed by atoms with E-state index in [-0.39, 0.29) is 11.9 Å². The molecule has 21 heavy (non-hydrogen) atoms. The van der Waals surface area contributed by atoms with E-state index in [0.29, 0.717) is 13.0 Å². The molecule has 1 aliphatic heterocycles. The molecular formula is C17H21NO3. The van der Waals surface area contributed by atoms with Crippen LogP contribution in [0.15, 0.2) is 35.9 Å². The van der Waals surface area contributed by atoms with E-state index >= 15 is 0 Å². The smallest absolute Gasteiger partial charge is 0.247 e. The van der Waals surface area contributed by atoms with Crippen LogP contribution in [0.25, 0.3) is 0 Å². The molecule has 0 unspecified atom stereocenters. The lowest BCUT2D eigenvalue weighted by Gasteiger charge is -2.25. The number of aliphatic hydroxyl groups excluding tert-OH is 1. The Morgan fingerprint density at radius 3 is 2.90 bits per heavy atom. The fourth-order valence-corrected chi connectivity index (χ4v) is 3.00. The molecule has 112 valence electrons. The van der Waals surface area contributed by atoms with Crippen molar-refractivity contribution in [1.82, 2.24) is 4.90 Å². The van der Waals surface area contributed by atoms with E-state index < -0.39 is 6.10 Å². The number of methoxy groups -OCH3 is 1. The molecule has 1 amide bonds. The number of likely N-dealkylation sites (tertiary alicyclic amines) is 1. The molecule has 1 N–H and O–H groups in total. The second-order valence-electron chi connectivity index (χ2n) is 5.83. The largest absolute Gasteiger partial charge is 0.497 e. The maximum atomic E-state index is 12.4. The first kappa shape index (κ1) is 14.1. The van der Waals surface area contributed by atoms with Gasteiger partial charge >= 0.3 is 0 Å². The van der Waals surface area contributed by atoms with Gasteiger partial charge in [0, 0.05) is 12.6 Å². The van der Waals surface area contributed by atoms with Crippen LogP contribution in [0, 0.1) is 0 Å². The minimum Gasteiger partial charge on any atom is -0.497 e. The van der Waals surface area contributed by atoms with Crippen LogP contribution in [0.2, 0.25) is 0 Å². The van der Waals surface area contributed by atoms with Crippen molar-refractivity contribution < 1.29 is 14.6 Å². The van der Waals surface area contributed by atoms with Crippen molar-refractivity contribution in [3.05, 3.63) is 41.5 Å². The summed E-state index contributed by atoms with van der Waals surface area (Å²) in [7, 11) is 1.63. The number of carbonyl (C=O) groups excluding carboxylic acids is 1. The molecule has 0 radical (unpaired) electrons. The molecule has 1 saturated carbocycles. The molecule has 1 saturated heterocycles. The van der Waals surface area contributed by atoms with Crippen LogP contribution in [-0.2, 0) is 4.79 Å². The average molecular weight is 287 g/mol. The average Bonchev–Trinajstić information content (AvgIpc) is 2.85. The fraction of sp³-hybridized carbons (Fsp3) is 0.471. The first-order valence-corrected chi connectivity index (χ1v) is 7.49. The van der Waals surface area contributed by atoms with Crippen molar-refractivity contribution in [2.45, 2.75) is 37.8 Å². The molecule has 1 aliphatic carbocycles. The third-order valence-corrected chi connectivity index (χ3v) is 4.36. The Bertz CT molecular complexity index is 561. The third-order valence-electron chi connectivity index (χ3n) is 4.36. The number of nitrogens with zero attached hydrogens (tertiary/aromatic N) is 1. The van der Waals surface area contributed by atoms with E-state index in [9.17, 15) is 9.90 Å². The number of aliphatic hydroxyl groups is 1. The van der Waals surface area contributed by atoms with Crippen molar-refractivity contribution in [1.29, 1.82) is 0 Å². The lowest BCUT2D eigenvalue weighted by molar-refractivity contribution is -0.127. The lowest BCUT2D eigenvalue weighted by Crippen LogP contribution is -2.30. The van der Waals surface area contributed by atoms with Gasteiger partial charge in [-0.1, -0.05) is 17.7 Å². The summed E-state index contributed by atoms with van der Waals surface area (Å²) in [6, 6.07) is 7.67. The Morgan fingerprint density at radius 1 is 1.43 bits per heavy atom. The summed E-state index contributed by atoms with van der Waals surface area (Å²) in [6.45, 7) is 0.407. The van der Waals surface area contributed by atoms with E-state index in [2.05, 4.69) is 0 Å². The molecule has 4 heteroatoms. The minimum atomic E-state index is -0.454. The number of hydrogen-bond donors (Lipinski definition) is 1. The standard InChI is InChI=1S/C17H21NO3/c1-21-15-7-3-6-13(9-15)16-10-14(19)11-18(16)17(20)8-12-4-2-5-12/h3,6-9,14,16,19H,2,4-5,10-11H2,1H3/t14-,16-/m1/s1. The molecule has 2 fully saturated rings. The zero-order valence-electron chi connectivity index (χ0n) is 12.3. The van der Waals surface area contributed by atoms with Crippen LogP contribution in [0.4, 0.5) is 0 Å². The molecule has 0 spiro atoms. The molecule has 1 aromatic carbocycles. The van der Waals surface area contributed by atoms with Gasteiger partial charge in [-0.15, -0.1) is 0 Å². The maximum Gasteiger partial charge on any atom is 0.247 e. The van der Waals surface area contributed by atoms with E-state index in [1.54, 1.807) is 18.1 Å². The molecule has 4 nitrogen and oxygen atoms in total. The van der Waals surface area contributed by atoms with Gasteiger partial charge in [0.2, 0.25) is 5.91 Å². The fourth-order valence-electron chi connectivity index (χ4n) is 3.00. The van der Waals surface area contributed by atoms with E-state index in [1.807, 2.05) is 24.3 Å². The molecule has 3 rings (SSSR count). The molecule has 0 aromatic heterocycles. The molecular weight excluding hydrogens is 266 g/mol. The zero-order valence-corrected chi connectivity index (χ0v) is 12.3. The second kappa shape index (κ2) is 5.90. The number of carbonyl (C=O) groups is 1. The van der Waals surface area contributed by atoms with Crippen LogP contribution < -0.4 is 4.74 Å². The Balaban J connectivity index is 1.82. The van der Waals surface area contributed by atoms with Gasteiger partial charge in [0.15, 0.2) is 0 Å². The third kappa shape index (κ3) is 2.95. The topological polar surface area (TPSA) is 49.8 Å². The van der Waals surface area contributed by atoms with Crippen molar-refractivity contribution in [3.63, 3.8) is 0 Å². The first-order chi connectivity index (χ1) is 10.2. The summed E-state index contributed by atoms with van der Waals surface area (Å²) >= 11 is 0. The van der Waals surface area contributed by atoms with Crippen molar-refractivity contribution in [3.8, 4) is 5.75 Å². The van der Waals surface area contributed by atoms with E-state index in [4.69, 9.17) is 4.74 Å². The lowest BCUT2D eigenvalue weighted by atomic mass is 9.92. The highest BCUT2D eigenvalue weighted by atomic mass is 16.5. The summed E-state index contributed by atoms with van der Waals surface area (Å²) in [5.74, 6) is 0.799. The number of allylic oxidation sites excluding steroid dienone is 1. The Kier molecular flexibility index (Phi) is 3.97. The van der Waals surface area contributed by atoms with Crippen LogP contribution >= 0.6 is 0 Å². The Morgan fingerprint density at radius 2 is 2.24 bits per heavy atom. The summed E-state index contributed by atoms with van der Waals surface area (Å²) < 4.78 is 5.25. The highest BCUT2D eigenvalue weighted by Gasteiger charge is 2.34. The SMILES string of the molecule is COc1cccc([C@H]2C[C@@H](O)CN2C(=O)C=C2CCC2)c1. The van der Waals surface area contributed by atoms with E-state index in [1.165, 1.54) is 12.0 Å². The van der Waals surface area contributed by atoms with Crippen molar-refractivity contribution in [2.75, 3.05) is 13.7 Å². The Hall–Kier alpha value is -1.81. The molecule has 1 aromatic rings. The molecule has 2 aliphatic rings. The van der Waals surface area contributed by atoms with Gasteiger partial charge in [-0.05, 0) is 43.4 Å². The Labute approximate surface area is 125 Å². The molecule has 0 bridgehead atoms. The van der Waals surface area contributed by atoms with Crippen LogP contribution in [0.3, 0.4) is 0 Å². The van der Waals surface area contributed by atoms with Crippen molar-refractivity contribution in [2.24, 2.45) is 0 Å². The van der Waals surface area contributed by atoms with Gasteiger partial charge < -0.3 is 14.7 Å². The predicted molar refractivity (Wildman–Crippen MR) is 80.0 cm³/mol. The number of benzene rings is 1. The van der Waals surface area contributed by atoms with Gasteiger partial charge in [-0.25, -0.2) is 0 Å². The number of ether oxygens (including phenoxy) is 1. The van der Waals surface area contributed by atoms with Gasteiger partial charge in [0.1, 0.15) is 5.75 Å². The second-order valence-corrected chi connectivity index (χ2v) is 5.83. The van der Waals surface area contributed by atoms with Gasteiger partial charge in [-0.2, -0.15) is 0 Å². The number of rotatable bonds is 3. The maximum absolute atomic E-state index is 12.4. The molecule has 1 heterocycles. The normalized spacial score (nSPS) is 24.7. The number of hydrogen-bond acceptors (Lipinski definition) is 3. The van der Waals surface area contributed by atoms with Crippen LogP contribution in [-0.4, -0.2) is 35.7 Å². The summed E-state index contributed by atoms with van der Waals surface area (Å²) in [5, 5.41) is 9.97. The van der Waals surface area contributed by atoms with Crippen LogP contribution in [0.5, 0.6) is 5.75 Å². The summed E-state index contributed by atoms with van der Waals surface area (Å²) in [6.07, 6.45) is 5.14. The predicted octanol–water partition coefficient (Wildman–Crippen LogP) is 2.44. The van der Waals surface area contributed by atoms with Gasteiger partial charge in [0.25, 0.3) is 0 Å². The highest BCUT2D eigenvalue weighted by molar-refractivity contribution is 5.89. The number of amides is 1. The quantitative estimate of drug-likeness (QED) is 0.869.